The zero-order valence-corrected chi connectivity index (χ0v) is 33.7. The second kappa shape index (κ2) is 17.8. The van der Waals surface area contributed by atoms with Crippen molar-refractivity contribution in [3.05, 3.63) is 101 Å². The molecule has 3 heterocycles. The van der Waals surface area contributed by atoms with Crippen LogP contribution in [0.2, 0.25) is 0 Å². The second-order valence-corrected chi connectivity index (χ2v) is 18.2. The lowest BCUT2D eigenvalue weighted by Gasteiger charge is -2.38. The normalized spacial score (nSPS) is 16.1. The Hall–Kier alpha value is -4.70. The van der Waals surface area contributed by atoms with Crippen molar-refractivity contribution in [1.82, 2.24) is 30.4 Å². The maximum atomic E-state index is 14.3. The quantitative estimate of drug-likeness (QED) is 0.0683. The Bertz CT molecular complexity index is 2030. The summed E-state index contributed by atoms with van der Waals surface area (Å²) in [6.07, 6.45) is 2.06. The summed E-state index contributed by atoms with van der Waals surface area (Å²) >= 11 is 1.49. The molecule has 4 atom stereocenters. The SMILES string of the molecule is Cc1ccc(-c2nc(CN3CCN([C@H](C(=O)N[C@@H](Cc4ccccc4)[C@H](O)CN[C@H](C(C)C)S(=O)(=O)c4ccc(/C=N/O)cc4)C(C)(C)C)C3=O)cs2)cn1. The monoisotopic (exact) mass is 789 g/mol. The second-order valence-electron chi connectivity index (χ2n) is 15.3. The van der Waals surface area contributed by atoms with Crippen molar-refractivity contribution in [2.75, 3.05) is 19.6 Å². The van der Waals surface area contributed by atoms with Gasteiger partial charge in [0.2, 0.25) is 5.91 Å². The summed E-state index contributed by atoms with van der Waals surface area (Å²) < 4.78 is 27.5. The standard InChI is InChI=1S/C40H51N7O6S2/c1-26(2)38(55(52,53)32-16-13-29(14-17-32)21-43-51)42-23-34(48)33(20-28-10-8-7-9-11-28)45-36(49)35(40(4,5)6)47-19-18-46(39(47)50)24-31-25-54-37(44-31)30-15-12-27(3)41-22-30/h7-17,21-22,25-26,33-35,38,42,48,51H,18-20,23-24H2,1-6H3,(H,45,49)/b43-21+/t33-,34+,35+,38-/m0/s1. The molecule has 0 spiro atoms. The molecule has 0 aliphatic carbocycles. The maximum Gasteiger partial charge on any atom is 0.321 e. The minimum Gasteiger partial charge on any atom is -0.411 e. The molecule has 2 aromatic heterocycles. The van der Waals surface area contributed by atoms with Gasteiger partial charge in [-0.1, -0.05) is 82.2 Å². The molecule has 13 nitrogen and oxygen atoms in total. The molecule has 1 aliphatic heterocycles. The lowest BCUT2D eigenvalue weighted by Crippen LogP contribution is -2.59. The van der Waals surface area contributed by atoms with E-state index < -0.39 is 44.7 Å². The van der Waals surface area contributed by atoms with E-state index in [1.54, 1.807) is 42.0 Å². The van der Waals surface area contributed by atoms with Gasteiger partial charge in [0.1, 0.15) is 16.4 Å². The number of carbonyl (C=O) groups excluding carboxylic acids is 2. The van der Waals surface area contributed by atoms with E-state index in [1.165, 1.54) is 29.7 Å². The zero-order valence-electron chi connectivity index (χ0n) is 32.1. The summed E-state index contributed by atoms with van der Waals surface area (Å²) in [5.41, 5.74) is 3.31. The molecular formula is C40H51N7O6S2. The van der Waals surface area contributed by atoms with Crippen molar-refractivity contribution in [3.8, 4) is 10.6 Å². The van der Waals surface area contributed by atoms with Crippen LogP contribution in [-0.2, 0) is 27.6 Å². The first-order valence-corrected chi connectivity index (χ1v) is 20.7. The van der Waals surface area contributed by atoms with Crippen LogP contribution in [-0.4, -0.2) is 99.8 Å². The number of nitrogens with one attached hydrogen (secondary N) is 2. The van der Waals surface area contributed by atoms with E-state index in [0.29, 0.717) is 25.2 Å². The summed E-state index contributed by atoms with van der Waals surface area (Å²) in [5, 5.41) is 31.3. The topological polar surface area (TPSA) is 177 Å². The van der Waals surface area contributed by atoms with E-state index in [4.69, 9.17) is 10.2 Å². The molecule has 5 rings (SSSR count). The number of oxime groups is 1. The number of aliphatic hydroxyl groups excluding tert-OH is 1. The smallest absolute Gasteiger partial charge is 0.321 e. The molecule has 15 heteroatoms. The fourth-order valence-corrected chi connectivity index (χ4v) is 9.39. The van der Waals surface area contributed by atoms with Gasteiger partial charge in [0, 0.05) is 42.5 Å². The number of rotatable bonds is 16. The van der Waals surface area contributed by atoms with Crippen molar-refractivity contribution in [3.63, 3.8) is 0 Å². The van der Waals surface area contributed by atoms with E-state index >= 15 is 0 Å². The van der Waals surface area contributed by atoms with E-state index in [0.717, 1.165) is 27.5 Å². The van der Waals surface area contributed by atoms with E-state index in [-0.39, 0.29) is 29.8 Å². The van der Waals surface area contributed by atoms with Crippen LogP contribution in [0.5, 0.6) is 0 Å². The first-order chi connectivity index (χ1) is 26.1. The van der Waals surface area contributed by atoms with Gasteiger partial charge < -0.3 is 25.4 Å². The maximum absolute atomic E-state index is 14.3. The molecule has 0 radical (unpaired) electrons. The van der Waals surface area contributed by atoms with Crippen LogP contribution in [0.4, 0.5) is 4.79 Å². The Morgan fingerprint density at radius 1 is 1.05 bits per heavy atom. The summed E-state index contributed by atoms with van der Waals surface area (Å²) in [4.78, 5) is 40.8. The third-order valence-corrected chi connectivity index (χ3v) is 12.8. The molecule has 0 saturated carbocycles. The Labute approximate surface area is 327 Å². The number of amides is 3. The fraction of sp³-hybridized carbons (Fsp3) is 0.425. The van der Waals surface area contributed by atoms with Crippen molar-refractivity contribution in [1.29, 1.82) is 0 Å². The average Bonchev–Trinajstić information content (AvgIpc) is 3.74. The Morgan fingerprint density at radius 3 is 2.38 bits per heavy atom. The van der Waals surface area contributed by atoms with Gasteiger partial charge >= 0.3 is 6.03 Å². The predicted molar refractivity (Wildman–Crippen MR) is 214 cm³/mol. The predicted octanol–water partition coefficient (Wildman–Crippen LogP) is 5.11. The van der Waals surface area contributed by atoms with Gasteiger partial charge in [-0.3, -0.25) is 15.1 Å². The molecule has 4 N–H and O–H groups in total. The summed E-state index contributed by atoms with van der Waals surface area (Å²) in [7, 11) is -3.90. The summed E-state index contributed by atoms with van der Waals surface area (Å²) in [6.45, 7) is 12.1. The van der Waals surface area contributed by atoms with E-state index in [2.05, 4.69) is 20.8 Å². The van der Waals surface area contributed by atoms with Gasteiger partial charge in [-0.05, 0) is 60.1 Å². The molecule has 1 saturated heterocycles. The fourth-order valence-electron chi connectivity index (χ4n) is 6.74. The number of sulfone groups is 1. The Balaban J connectivity index is 1.31. The molecular weight excluding hydrogens is 739 g/mol. The number of pyridine rings is 1. The number of benzene rings is 2. The number of aliphatic hydroxyl groups is 1. The molecule has 0 bridgehead atoms. The summed E-state index contributed by atoms with van der Waals surface area (Å²) in [5.74, 6) is -0.784. The van der Waals surface area contributed by atoms with Crippen molar-refractivity contribution < 1.29 is 28.3 Å². The third-order valence-electron chi connectivity index (χ3n) is 9.54. The molecule has 294 valence electrons. The average molecular weight is 790 g/mol. The number of hydrogen-bond acceptors (Lipinski definition) is 11. The van der Waals surface area contributed by atoms with Crippen LogP contribution < -0.4 is 10.6 Å². The minimum absolute atomic E-state index is 0.0774. The van der Waals surface area contributed by atoms with Crippen LogP contribution in [0.15, 0.2) is 88.4 Å². The van der Waals surface area contributed by atoms with Crippen molar-refractivity contribution in [2.45, 2.75) is 83.0 Å². The lowest BCUT2D eigenvalue weighted by molar-refractivity contribution is -0.130. The Kier molecular flexibility index (Phi) is 13.4. The van der Waals surface area contributed by atoms with Gasteiger partial charge in [0.05, 0.1) is 35.5 Å². The van der Waals surface area contributed by atoms with Gasteiger partial charge in [-0.2, -0.15) is 0 Å². The molecule has 3 amide bonds. The van der Waals surface area contributed by atoms with E-state index in [9.17, 15) is 23.1 Å². The third kappa shape index (κ3) is 10.3. The molecule has 0 unspecified atom stereocenters. The zero-order chi connectivity index (χ0) is 39.9. The lowest BCUT2D eigenvalue weighted by atomic mass is 9.84. The van der Waals surface area contributed by atoms with Gasteiger partial charge in [-0.15, -0.1) is 11.3 Å². The molecule has 1 fully saturated rings. The van der Waals surface area contributed by atoms with Crippen LogP contribution in [0.3, 0.4) is 0 Å². The van der Waals surface area contributed by atoms with Gasteiger partial charge in [0.25, 0.3) is 0 Å². The van der Waals surface area contributed by atoms with E-state index in [1.807, 2.05) is 75.5 Å². The number of urea groups is 1. The Morgan fingerprint density at radius 2 is 1.76 bits per heavy atom. The van der Waals surface area contributed by atoms with Crippen molar-refractivity contribution >= 4 is 39.3 Å². The van der Waals surface area contributed by atoms with Crippen LogP contribution >= 0.6 is 11.3 Å². The molecule has 1 aliphatic rings. The molecule has 2 aromatic carbocycles. The molecule has 55 heavy (non-hydrogen) atoms. The number of aromatic nitrogens is 2. The first kappa shape index (κ1) is 41.5. The highest BCUT2D eigenvalue weighted by Gasteiger charge is 2.44. The highest BCUT2D eigenvalue weighted by Crippen LogP contribution is 2.30. The number of nitrogens with zero attached hydrogens (tertiary/aromatic N) is 5. The number of carbonyl (C=O) groups is 2. The van der Waals surface area contributed by atoms with Crippen LogP contribution in [0.1, 0.15) is 57.1 Å². The number of hydrogen-bond donors (Lipinski definition) is 4. The summed E-state index contributed by atoms with van der Waals surface area (Å²) in [6, 6.07) is 17.3. The van der Waals surface area contributed by atoms with Crippen molar-refractivity contribution in [2.24, 2.45) is 16.5 Å². The number of aryl methyl sites for hydroxylation is 1. The largest absolute Gasteiger partial charge is 0.411 e. The number of thiazole rings is 1. The minimum atomic E-state index is -3.90. The van der Waals surface area contributed by atoms with Gasteiger partial charge in [-0.25, -0.2) is 18.2 Å². The van der Waals surface area contributed by atoms with Gasteiger partial charge in [0.15, 0.2) is 9.84 Å². The highest BCUT2D eigenvalue weighted by molar-refractivity contribution is 7.92. The first-order valence-electron chi connectivity index (χ1n) is 18.3. The van der Waals surface area contributed by atoms with Crippen LogP contribution in [0.25, 0.3) is 10.6 Å². The molecule has 4 aromatic rings. The highest BCUT2D eigenvalue weighted by atomic mass is 32.2. The van der Waals surface area contributed by atoms with Crippen LogP contribution in [0, 0.1) is 18.3 Å².